The maximum atomic E-state index is 14.0. The van der Waals surface area contributed by atoms with Gasteiger partial charge in [0.15, 0.2) is 0 Å². The topological polar surface area (TPSA) is 79.6 Å². The number of halogens is 1. The van der Waals surface area contributed by atoms with Crippen LogP contribution in [0.2, 0.25) is 0 Å². The molecule has 1 N–H and O–H groups in total. The molecular formula is C26H30FN5O3. The van der Waals surface area contributed by atoms with E-state index in [1.54, 1.807) is 42.5 Å². The lowest BCUT2D eigenvalue weighted by molar-refractivity contribution is -0.121. The number of para-hydroxylation sites is 3. The monoisotopic (exact) mass is 479 g/mol. The van der Waals surface area contributed by atoms with Gasteiger partial charge < -0.3 is 14.8 Å². The van der Waals surface area contributed by atoms with Gasteiger partial charge >= 0.3 is 11.1 Å². The number of hydrogen-bond donors (Lipinski definition) is 1. The van der Waals surface area contributed by atoms with Gasteiger partial charge in [-0.15, -0.1) is 6.58 Å². The number of carbonyl (C=O) groups is 1. The molecule has 1 amide bonds. The van der Waals surface area contributed by atoms with Crippen LogP contribution < -0.4 is 21.3 Å². The Kier molecular flexibility index (Phi) is 7.77. The van der Waals surface area contributed by atoms with E-state index in [9.17, 15) is 18.8 Å². The lowest BCUT2D eigenvalue weighted by atomic mass is 10.2. The number of anilines is 1. The lowest BCUT2D eigenvalue weighted by Gasteiger charge is -2.36. The fraction of sp³-hybridized carbons (Fsp3) is 0.346. The first-order valence-corrected chi connectivity index (χ1v) is 11.8. The van der Waals surface area contributed by atoms with E-state index < -0.39 is 11.1 Å². The largest absolute Gasteiger partial charge is 0.367 e. The summed E-state index contributed by atoms with van der Waals surface area (Å²) in [6.07, 6.45) is 1.67. The number of benzene rings is 2. The fourth-order valence-corrected chi connectivity index (χ4v) is 4.48. The van der Waals surface area contributed by atoms with E-state index in [2.05, 4.69) is 16.8 Å². The summed E-state index contributed by atoms with van der Waals surface area (Å²) in [5, 5.41) is 2.90. The van der Waals surface area contributed by atoms with Crippen molar-refractivity contribution in [3.8, 4) is 0 Å². The van der Waals surface area contributed by atoms with Gasteiger partial charge in [0.1, 0.15) is 5.82 Å². The lowest BCUT2D eigenvalue weighted by Crippen LogP contribution is -2.48. The molecule has 0 aliphatic carbocycles. The van der Waals surface area contributed by atoms with Crippen LogP contribution in [0.3, 0.4) is 0 Å². The third-order valence-corrected chi connectivity index (χ3v) is 6.33. The summed E-state index contributed by atoms with van der Waals surface area (Å²) in [6, 6.07) is 13.9. The van der Waals surface area contributed by atoms with Gasteiger partial charge in [-0.3, -0.25) is 23.9 Å². The summed E-state index contributed by atoms with van der Waals surface area (Å²) < 4.78 is 16.8. The summed E-state index contributed by atoms with van der Waals surface area (Å²) in [7, 11) is 0. The highest BCUT2D eigenvalue weighted by Gasteiger charge is 2.19. The Balaban J connectivity index is 1.28. The van der Waals surface area contributed by atoms with E-state index in [0.717, 1.165) is 26.2 Å². The number of amides is 1. The summed E-state index contributed by atoms with van der Waals surface area (Å²) >= 11 is 0. The predicted octanol–water partition coefficient (Wildman–Crippen LogP) is 1.82. The van der Waals surface area contributed by atoms with E-state index in [1.165, 1.54) is 15.2 Å². The number of nitrogens with zero attached hydrogens (tertiary/aromatic N) is 4. The Morgan fingerprint density at radius 2 is 1.54 bits per heavy atom. The Morgan fingerprint density at radius 3 is 2.23 bits per heavy atom. The van der Waals surface area contributed by atoms with Crippen LogP contribution in [0.25, 0.3) is 11.0 Å². The third kappa shape index (κ3) is 5.51. The molecule has 35 heavy (non-hydrogen) atoms. The molecule has 0 saturated carbocycles. The maximum absolute atomic E-state index is 14.0. The van der Waals surface area contributed by atoms with E-state index in [-0.39, 0.29) is 31.2 Å². The number of carbonyl (C=O) groups excluding carboxylic acids is 1. The van der Waals surface area contributed by atoms with Crippen molar-refractivity contribution in [1.29, 1.82) is 0 Å². The summed E-state index contributed by atoms with van der Waals surface area (Å²) in [5.41, 5.74) is 0.594. The molecule has 0 spiro atoms. The van der Waals surface area contributed by atoms with Crippen molar-refractivity contribution in [2.75, 3.05) is 44.2 Å². The Labute approximate surface area is 202 Å². The van der Waals surface area contributed by atoms with E-state index in [0.29, 0.717) is 29.8 Å². The highest BCUT2D eigenvalue weighted by atomic mass is 19.1. The van der Waals surface area contributed by atoms with Crippen LogP contribution in [-0.4, -0.2) is 59.2 Å². The molecule has 8 nitrogen and oxygen atoms in total. The van der Waals surface area contributed by atoms with Crippen molar-refractivity contribution in [2.24, 2.45) is 0 Å². The number of piperazine rings is 1. The Hall–Kier alpha value is -3.72. The number of nitrogens with one attached hydrogen (secondary N) is 1. The van der Waals surface area contributed by atoms with Crippen LogP contribution in [-0.2, 0) is 17.9 Å². The minimum atomic E-state index is -0.647. The average molecular weight is 480 g/mol. The van der Waals surface area contributed by atoms with Gasteiger partial charge in [-0.25, -0.2) is 4.39 Å². The van der Waals surface area contributed by atoms with Gasteiger partial charge in [-0.2, -0.15) is 0 Å². The molecule has 1 saturated heterocycles. The van der Waals surface area contributed by atoms with E-state index in [4.69, 9.17) is 0 Å². The summed E-state index contributed by atoms with van der Waals surface area (Å²) in [6.45, 7) is 8.21. The summed E-state index contributed by atoms with van der Waals surface area (Å²) in [5.74, 6) is -0.389. The van der Waals surface area contributed by atoms with E-state index in [1.807, 2.05) is 11.0 Å². The van der Waals surface area contributed by atoms with Gasteiger partial charge in [-0.1, -0.05) is 30.3 Å². The highest BCUT2D eigenvalue weighted by Crippen LogP contribution is 2.20. The minimum Gasteiger partial charge on any atom is -0.367 e. The van der Waals surface area contributed by atoms with Crippen LogP contribution >= 0.6 is 0 Å². The molecule has 1 aliphatic rings. The number of aryl methyl sites for hydroxylation is 1. The molecule has 1 fully saturated rings. The SMILES string of the molecule is C=CCn1c(=O)c(=O)n(CCC(=O)NCCN2CCN(c3ccccc3F)CC2)c2ccccc21. The van der Waals surface area contributed by atoms with Gasteiger partial charge in [0.2, 0.25) is 5.91 Å². The standard InChI is InChI=1S/C26H30FN5O3/c1-2-13-31-22-9-5-6-10-23(22)32(26(35)25(31)34)14-11-24(33)28-12-15-29-16-18-30(19-17-29)21-8-4-3-7-20(21)27/h2-10H,1,11-19H2,(H,28,33). The molecule has 1 aromatic heterocycles. The molecule has 0 unspecified atom stereocenters. The van der Waals surface area contributed by atoms with Crippen LogP contribution in [0.5, 0.6) is 0 Å². The number of aromatic nitrogens is 2. The molecular weight excluding hydrogens is 449 g/mol. The Morgan fingerprint density at radius 1 is 0.914 bits per heavy atom. The zero-order chi connectivity index (χ0) is 24.8. The van der Waals surface area contributed by atoms with Crippen LogP contribution in [0, 0.1) is 5.82 Å². The van der Waals surface area contributed by atoms with Crippen molar-refractivity contribution >= 4 is 22.6 Å². The zero-order valence-electron chi connectivity index (χ0n) is 19.7. The van der Waals surface area contributed by atoms with Crippen LogP contribution in [0.1, 0.15) is 6.42 Å². The smallest absolute Gasteiger partial charge is 0.317 e. The van der Waals surface area contributed by atoms with Crippen molar-refractivity contribution in [2.45, 2.75) is 19.5 Å². The van der Waals surface area contributed by atoms with Gasteiger partial charge in [0.25, 0.3) is 0 Å². The second kappa shape index (κ2) is 11.1. The molecule has 3 aromatic rings. The quantitative estimate of drug-likeness (QED) is 0.374. The van der Waals surface area contributed by atoms with Gasteiger partial charge in [-0.05, 0) is 24.3 Å². The third-order valence-electron chi connectivity index (χ3n) is 6.33. The number of allylic oxidation sites excluding steroid dienone is 1. The van der Waals surface area contributed by atoms with Gasteiger partial charge in [0.05, 0.1) is 16.7 Å². The Bertz CT molecular complexity index is 1320. The predicted molar refractivity (Wildman–Crippen MR) is 135 cm³/mol. The molecule has 9 heteroatoms. The first-order valence-electron chi connectivity index (χ1n) is 11.8. The van der Waals surface area contributed by atoms with Crippen molar-refractivity contribution < 1.29 is 9.18 Å². The van der Waals surface area contributed by atoms with Crippen LogP contribution in [0.4, 0.5) is 10.1 Å². The molecule has 0 radical (unpaired) electrons. The fourth-order valence-electron chi connectivity index (χ4n) is 4.48. The molecule has 1 aliphatic heterocycles. The first-order chi connectivity index (χ1) is 17.0. The summed E-state index contributed by atoms with van der Waals surface area (Å²) in [4.78, 5) is 42.0. The van der Waals surface area contributed by atoms with Crippen molar-refractivity contribution in [3.05, 3.63) is 87.7 Å². The number of fused-ring (bicyclic) bond motifs is 1. The van der Waals surface area contributed by atoms with Crippen molar-refractivity contribution in [3.63, 3.8) is 0 Å². The molecule has 4 rings (SSSR count). The maximum Gasteiger partial charge on any atom is 0.317 e. The van der Waals surface area contributed by atoms with Crippen molar-refractivity contribution in [1.82, 2.24) is 19.4 Å². The highest BCUT2D eigenvalue weighted by molar-refractivity contribution is 5.77. The molecule has 0 bridgehead atoms. The normalized spacial score (nSPS) is 14.3. The van der Waals surface area contributed by atoms with Gasteiger partial charge in [0, 0.05) is 58.8 Å². The second-order valence-corrected chi connectivity index (χ2v) is 8.53. The molecule has 184 valence electrons. The first kappa shape index (κ1) is 24.4. The molecule has 2 heterocycles. The minimum absolute atomic E-state index is 0.0931. The molecule has 2 aromatic carbocycles. The second-order valence-electron chi connectivity index (χ2n) is 8.53. The molecule has 0 atom stereocenters. The number of rotatable bonds is 9. The average Bonchev–Trinajstić information content (AvgIpc) is 2.87. The number of hydrogen-bond acceptors (Lipinski definition) is 5. The zero-order valence-corrected chi connectivity index (χ0v) is 19.7. The van der Waals surface area contributed by atoms with Crippen LogP contribution in [0.15, 0.2) is 70.8 Å². The van der Waals surface area contributed by atoms with E-state index >= 15 is 0 Å².